The summed E-state index contributed by atoms with van der Waals surface area (Å²) in [6.45, 7) is 8.22. The van der Waals surface area contributed by atoms with Gasteiger partial charge in [-0.2, -0.15) is 0 Å². The topological polar surface area (TPSA) is 56.3 Å². The van der Waals surface area contributed by atoms with E-state index in [1.165, 1.54) is 12.8 Å². The Morgan fingerprint density at radius 1 is 1.03 bits per heavy atom. The Morgan fingerprint density at radius 2 is 1.63 bits per heavy atom. The number of methoxy groups -OCH3 is 1. The number of likely N-dealkylation sites (N-methyl/N-ethyl adjacent to an activating group) is 1. The van der Waals surface area contributed by atoms with Gasteiger partial charge in [0.25, 0.3) is 5.91 Å². The number of ether oxygens (including phenoxy) is 1. The molecule has 1 aromatic carbocycles. The van der Waals surface area contributed by atoms with Crippen LogP contribution in [-0.2, 0) is 4.79 Å². The van der Waals surface area contributed by atoms with Gasteiger partial charge in [-0.3, -0.25) is 14.5 Å². The largest absolute Gasteiger partial charge is 0.497 e. The van der Waals surface area contributed by atoms with Gasteiger partial charge in [0.05, 0.1) is 7.11 Å². The first-order valence-electron chi connectivity index (χ1n) is 10.7. The molecule has 2 heterocycles. The van der Waals surface area contributed by atoms with Crippen molar-refractivity contribution in [2.45, 2.75) is 25.8 Å². The van der Waals surface area contributed by atoms with Gasteiger partial charge < -0.3 is 19.4 Å². The number of piperazine rings is 1. The number of hydrogen-bond donors (Lipinski definition) is 0. The van der Waals surface area contributed by atoms with Crippen molar-refractivity contribution < 1.29 is 14.3 Å². The number of hydrogen-bond acceptors (Lipinski definition) is 5. The average molecular weight is 439 g/mol. The standard InChI is InChI=1S/C22H34N4O3.ClH/c1-4-24(22(28)18-5-7-20(29-3)8-6-18)17-21(27)26-15-13-25(14-16-26)19-9-11-23(2)12-10-19;/h5-8,19H,4,9-17H2,1-3H3;1H. The summed E-state index contributed by atoms with van der Waals surface area (Å²) in [5, 5.41) is 0. The Balaban J connectivity index is 0.00000320. The molecule has 2 saturated heterocycles. The lowest BCUT2D eigenvalue weighted by Crippen LogP contribution is -2.55. The van der Waals surface area contributed by atoms with E-state index < -0.39 is 0 Å². The quantitative estimate of drug-likeness (QED) is 0.678. The highest BCUT2D eigenvalue weighted by Gasteiger charge is 2.29. The minimum absolute atomic E-state index is 0. The molecule has 0 bridgehead atoms. The van der Waals surface area contributed by atoms with Crippen LogP contribution in [0.25, 0.3) is 0 Å². The molecule has 0 saturated carbocycles. The van der Waals surface area contributed by atoms with E-state index in [-0.39, 0.29) is 30.8 Å². The molecule has 0 aromatic heterocycles. The summed E-state index contributed by atoms with van der Waals surface area (Å²) in [6, 6.07) is 7.67. The molecule has 0 aliphatic carbocycles. The van der Waals surface area contributed by atoms with Gasteiger partial charge in [-0.15, -0.1) is 12.4 Å². The molecule has 0 unspecified atom stereocenters. The maximum absolute atomic E-state index is 12.8. The molecule has 0 spiro atoms. The number of rotatable bonds is 6. The molecule has 3 rings (SSSR count). The summed E-state index contributed by atoms with van der Waals surface area (Å²) in [6.07, 6.45) is 2.43. The lowest BCUT2D eigenvalue weighted by Gasteiger charge is -2.42. The van der Waals surface area contributed by atoms with Gasteiger partial charge in [0.15, 0.2) is 0 Å². The third kappa shape index (κ3) is 6.09. The molecular formula is C22H35ClN4O3. The van der Waals surface area contributed by atoms with Crippen molar-refractivity contribution in [3.63, 3.8) is 0 Å². The van der Waals surface area contributed by atoms with E-state index in [9.17, 15) is 9.59 Å². The van der Waals surface area contributed by atoms with E-state index in [1.807, 2.05) is 11.8 Å². The van der Waals surface area contributed by atoms with Crippen molar-refractivity contribution in [2.24, 2.45) is 0 Å². The molecule has 8 heteroatoms. The molecule has 1 aromatic rings. The second kappa shape index (κ2) is 11.5. The summed E-state index contributed by atoms with van der Waals surface area (Å²) in [5.41, 5.74) is 0.576. The predicted molar refractivity (Wildman–Crippen MR) is 120 cm³/mol. The van der Waals surface area contributed by atoms with Gasteiger partial charge in [0.2, 0.25) is 5.91 Å². The molecule has 0 N–H and O–H groups in total. The van der Waals surface area contributed by atoms with Crippen molar-refractivity contribution in [1.82, 2.24) is 19.6 Å². The Morgan fingerprint density at radius 3 is 2.17 bits per heavy atom. The van der Waals surface area contributed by atoms with Gasteiger partial charge in [-0.1, -0.05) is 0 Å². The lowest BCUT2D eigenvalue weighted by atomic mass is 10.0. The fourth-order valence-corrected chi connectivity index (χ4v) is 4.20. The SMILES string of the molecule is CCN(CC(=O)N1CCN(C2CCN(C)CC2)CC1)C(=O)c1ccc(OC)cc1.Cl. The summed E-state index contributed by atoms with van der Waals surface area (Å²) < 4.78 is 5.15. The third-order valence-corrected chi connectivity index (χ3v) is 6.20. The number of halogens is 1. The van der Waals surface area contributed by atoms with Gasteiger partial charge in [-0.25, -0.2) is 0 Å². The molecule has 2 aliphatic rings. The molecule has 2 amide bonds. The monoisotopic (exact) mass is 438 g/mol. The number of nitrogens with zero attached hydrogens (tertiary/aromatic N) is 4. The zero-order valence-electron chi connectivity index (χ0n) is 18.4. The molecule has 0 atom stereocenters. The minimum atomic E-state index is -0.117. The number of piperidine rings is 1. The van der Waals surface area contributed by atoms with Crippen molar-refractivity contribution in [2.75, 3.05) is 66.5 Å². The third-order valence-electron chi connectivity index (χ3n) is 6.20. The Hall–Kier alpha value is -1.83. The summed E-state index contributed by atoms with van der Waals surface area (Å²) >= 11 is 0. The van der Waals surface area contributed by atoms with Crippen molar-refractivity contribution in [1.29, 1.82) is 0 Å². The Bertz CT molecular complexity index is 684. The highest BCUT2D eigenvalue weighted by molar-refractivity contribution is 5.96. The van der Waals surface area contributed by atoms with Crippen molar-refractivity contribution in [3.05, 3.63) is 29.8 Å². The molecule has 168 valence electrons. The Kier molecular flexibility index (Phi) is 9.39. The molecule has 0 radical (unpaired) electrons. The van der Waals surface area contributed by atoms with E-state index in [0.29, 0.717) is 23.9 Å². The van der Waals surface area contributed by atoms with Gasteiger partial charge in [-0.05, 0) is 64.2 Å². The van der Waals surface area contributed by atoms with Gasteiger partial charge in [0.1, 0.15) is 12.3 Å². The van der Waals surface area contributed by atoms with Gasteiger partial charge in [0, 0.05) is 44.3 Å². The van der Waals surface area contributed by atoms with Crippen LogP contribution in [0, 0.1) is 0 Å². The smallest absolute Gasteiger partial charge is 0.254 e. The van der Waals surface area contributed by atoms with Crippen LogP contribution >= 0.6 is 12.4 Å². The zero-order valence-corrected chi connectivity index (χ0v) is 19.2. The van der Waals surface area contributed by atoms with Crippen LogP contribution < -0.4 is 4.74 Å². The molecule has 2 fully saturated rings. The van der Waals surface area contributed by atoms with Crippen LogP contribution in [0.2, 0.25) is 0 Å². The van der Waals surface area contributed by atoms with Crippen molar-refractivity contribution >= 4 is 24.2 Å². The number of carbonyl (C=O) groups is 2. The van der Waals surface area contributed by atoms with E-state index in [4.69, 9.17) is 4.74 Å². The van der Waals surface area contributed by atoms with E-state index in [1.54, 1.807) is 36.3 Å². The fourth-order valence-electron chi connectivity index (χ4n) is 4.20. The first-order chi connectivity index (χ1) is 14.0. The van der Waals surface area contributed by atoms with Crippen LogP contribution in [0.4, 0.5) is 0 Å². The fraction of sp³-hybridized carbons (Fsp3) is 0.636. The number of likely N-dealkylation sites (tertiary alicyclic amines) is 1. The van der Waals surface area contributed by atoms with E-state index in [2.05, 4.69) is 16.8 Å². The normalized spacial score (nSPS) is 18.6. The second-order valence-electron chi connectivity index (χ2n) is 8.00. The van der Waals surface area contributed by atoms with Crippen LogP contribution in [0.15, 0.2) is 24.3 Å². The molecular weight excluding hydrogens is 404 g/mol. The summed E-state index contributed by atoms with van der Waals surface area (Å²) in [4.78, 5) is 34.1. The van der Waals surface area contributed by atoms with Crippen LogP contribution in [0.1, 0.15) is 30.1 Å². The van der Waals surface area contributed by atoms with Crippen LogP contribution in [0.5, 0.6) is 5.75 Å². The number of carbonyl (C=O) groups excluding carboxylic acids is 2. The highest BCUT2D eigenvalue weighted by Crippen LogP contribution is 2.18. The summed E-state index contributed by atoms with van der Waals surface area (Å²) in [5.74, 6) is 0.633. The van der Waals surface area contributed by atoms with Crippen LogP contribution in [0.3, 0.4) is 0 Å². The molecule has 7 nitrogen and oxygen atoms in total. The highest BCUT2D eigenvalue weighted by atomic mass is 35.5. The molecule has 2 aliphatic heterocycles. The lowest BCUT2D eigenvalue weighted by molar-refractivity contribution is -0.134. The Labute approximate surface area is 186 Å². The minimum Gasteiger partial charge on any atom is -0.497 e. The maximum atomic E-state index is 12.8. The number of benzene rings is 1. The van der Waals surface area contributed by atoms with Gasteiger partial charge >= 0.3 is 0 Å². The average Bonchev–Trinajstić information content (AvgIpc) is 2.77. The molecule has 30 heavy (non-hydrogen) atoms. The predicted octanol–water partition coefficient (Wildman–Crippen LogP) is 1.82. The van der Waals surface area contributed by atoms with Crippen LogP contribution in [-0.4, -0.2) is 104 Å². The first-order valence-corrected chi connectivity index (χ1v) is 10.7. The first kappa shape index (κ1) is 24.4. The maximum Gasteiger partial charge on any atom is 0.254 e. The van der Waals surface area contributed by atoms with Crippen molar-refractivity contribution in [3.8, 4) is 5.75 Å². The van der Waals surface area contributed by atoms with E-state index >= 15 is 0 Å². The summed E-state index contributed by atoms with van der Waals surface area (Å²) in [7, 11) is 3.78. The second-order valence-corrected chi connectivity index (χ2v) is 8.00. The van der Waals surface area contributed by atoms with E-state index in [0.717, 1.165) is 39.3 Å². The zero-order chi connectivity index (χ0) is 20.8. The number of amides is 2.